The minimum Gasteiger partial charge on any atom is -0.466 e. The van der Waals surface area contributed by atoms with Crippen LogP contribution in [0.2, 0.25) is 0 Å². The topological polar surface area (TPSA) is 71.3 Å². The highest BCUT2D eigenvalue weighted by atomic mass is 19.1. The maximum Gasteiger partial charge on any atom is 0.273 e. The summed E-state index contributed by atoms with van der Waals surface area (Å²) in [7, 11) is 0. The zero-order valence-corrected chi connectivity index (χ0v) is 12.1. The molecular weight excluding hydrogens is 287 g/mol. The van der Waals surface area contributed by atoms with E-state index in [0.717, 1.165) is 0 Å². The number of furan rings is 1. The molecule has 2 amide bonds. The monoisotopic (exact) mass is 302 g/mol. The summed E-state index contributed by atoms with van der Waals surface area (Å²) < 4.78 is 18.0. The van der Waals surface area contributed by atoms with Gasteiger partial charge in [-0.1, -0.05) is 12.1 Å². The fourth-order valence-corrected chi connectivity index (χ4v) is 1.83. The maximum absolute atomic E-state index is 12.7. The molecule has 22 heavy (non-hydrogen) atoms. The summed E-state index contributed by atoms with van der Waals surface area (Å²) in [5.41, 5.74) is 5.58. The minimum atomic E-state index is -0.504. The number of amides is 2. The Morgan fingerprint density at radius 1 is 1.14 bits per heavy atom. The second-order valence-electron chi connectivity index (χ2n) is 4.66. The van der Waals surface area contributed by atoms with Gasteiger partial charge in [0.2, 0.25) is 0 Å². The highest BCUT2D eigenvalue weighted by Crippen LogP contribution is 2.12. The van der Waals surface area contributed by atoms with E-state index in [-0.39, 0.29) is 5.82 Å². The van der Waals surface area contributed by atoms with Crippen molar-refractivity contribution in [2.45, 2.75) is 13.8 Å². The molecule has 0 saturated carbocycles. The van der Waals surface area contributed by atoms with Crippen LogP contribution in [0.25, 0.3) is 6.08 Å². The van der Waals surface area contributed by atoms with Crippen LogP contribution in [0.3, 0.4) is 0 Å². The molecule has 2 rings (SSSR count). The van der Waals surface area contributed by atoms with Crippen molar-refractivity contribution in [3.63, 3.8) is 0 Å². The highest BCUT2D eigenvalue weighted by molar-refractivity contribution is 5.98. The van der Waals surface area contributed by atoms with Crippen molar-refractivity contribution in [1.29, 1.82) is 0 Å². The molecule has 0 aliphatic heterocycles. The van der Waals surface area contributed by atoms with Crippen LogP contribution in [-0.4, -0.2) is 11.8 Å². The van der Waals surface area contributed by atoms with Gasteiger partial charge in [-0.25, -0.2) is 4.39 Å². The zero-order valence-electron chi connectivity index (χ0n) is 12.1. The summed E-state index contributed by atoms with van der Waals surface area (Å²) in [4.78, 5) is 23.4. The van der Waals surface area contributed by atoms with Crippen molar-refractivity contribution in [2.24, 2.45) is 0 Å². The number of hydrogen-bond donors (Lipinski definition) is 2. The fraction of sp³-hybridized carbons (Fsp3) is 0.125. The average Bonchev–Trinajstić information content (AvgIpc) is 2.83. The maximum atomic E-state index is 12.7. The quantitative estimate of drug-likeness (QED) is 0.676. The third-order valence-electron chi connectivity index (χ3n) is 2.88. The fourth-order valence-electron chi connectivity index (χ4n) is 1.83. The van der Waals surface area contributed by atoms with Crippen molar-refractivity contribution >= 4 is 17.9 Å². The standard InChI is InChI=1S/C16H15FN2O3/c1-10-9-14(11(2)22-10)16(21)19-18-15(20)8-5-12-3-6-13(17)7-4-12/h3-9H,1-2H3,(H,18,20)(H,19,21). The van der Waals surface area contributed by atoms with Gasteiger partial charge in [0.05, 0.1) is 5.56 Å². The molecule has 114 valence electrons. The van der Waals surface area contributed by atoms with Crippen LogP contribution < -0.4 is 10.9 Å². The van der Waals surface area contributed by atoms with E-state index in [1.807, 2.05) is 0 Å². The molecule has 2 aromatic rings. The van der Waals surface area contributed by atoms with Crippen molar-refractivity contribution in [3.05, 3.63) is 64.9 Å². The lowest BCUT2D eigenvalue weighted by Crippen LogP contribution is -2.40. The van der Waals surface area contributed by atoms with E-state index in [4.69, 9.17) is 4.42 Å². The third kappa shape index (κ3) is 4.05. The number of benzene rings is 1. The van der Waals surface area contributed by atoms with Crippen molar-refractivity contribution < 1.29 is 18.4 Å². The molecule has 0 aliphatic rings. The van der Waals surface area contributed by atoms with Crippen LogP contribution in [0, 0.1) is 19.7 Å². The van der Waals surface area contributed by atoms with Gasteiger partial charge in [0.1, 0.15) is 17.3 Å². The molecular formula is C16H15FN2O3. The molecule has 6 heteroatoms. The number of rotatable bonds is 3. The Morgan fingerprint density at radius 3 is 2.41 bits per heavy atom. The van der Waals surface area contributed by atoms with E-state index in [9.17, 15) is 14.0 Å². The Balaban J connectivity index is 1.88. The van der Waals surface area contributed by atoms with Gasteiger partial charge in [-0.05, 0) is 43.7 Å². The first-order valence-corrected chi connectivity index (χ1v) is 6.56. The van der Waals surface area contributed by atoms with Crippen LogP contribution >= 0.6 is 0 Å². The first kappa shape index (κ1) is 15.5. The average molecular weight is 302 g/mol. The minimum absolute atomic E-state index is 0.348. The Morgan fingerprint density at radius 2 is 1.82 bits per heavy atom. The van der Waals surface area contributed by atoms with E-state index in [2.05, 4.69) is 10.9 Å². The predicted octanol–water partition coefficient (Wildman–Crippen LogP) is 2.51. The molecule has 2 N–H and O–H groups in total. The summed E-state index contributed by atoms with van der Waals surface area (Å²) in [6.07, 6.45) is 2.75. The predicted molar refractivity (Wildman–Crippen MR) is 79.2 cm³/mol. The highest BCUT2D eigenvalue weighted by Gasteiger charge is 2.13. The molecule has 5 nitrogen and oxygen atoms in total. The second-order valence-corrected chi connectivity index (χ2v) is 4.66. The molecule has 0 fully saturated rings. The Bertz CT molecular complexity index is 717. The van der Waals surface area contributed by atoms with E-state index in [0.29, 0.717) is 22.6 Å². The van der Waals surface area contributed by atoms with Crippen molar-refractivity contribution in [1.82, 2.24) is 10.9 Å². The largest absolute Gasteiger partial charge is 0.466 e. The lowest BCUT2D eigenvalue weighted by Gasteiger charge is -2.04. The van der Waals surface area contributed by atoms with Gasteiger partial charge in [0.15, 0.2) is 0 Å². The molecule has 0 aliphatic carbocycles. The Labute approximate surface area is 126 Å². The molecule has 0 saturated heterocycles. The molecule has 0 unspecified atom stereocenters. The van der Waals surface area contributed by atoms with Gasteiger partial charge in [-0.2, -0.15) is 0 Å². The molecule has 1 heterocycles. The van der Waals surface area contributed by atoms with E-state index >= 15 is 0 Å². The summed E-state index contributed by atoms with van der Waals surface area (Å²) in [6.45, 7) is 3.39. The van der Waals surface area contributed by atoms with Gasteiger partial charge < -0.3 is 4.42 Å². The summed E-state index contributed by atoms with van der Waals surface area (Å²) in [5.74, 6) is -0.218. The van der Waals surface area contributed by atoms with Crippen molar-refractivity contribution in [3.8, 4) is 0 Å². The van der Waals surface area contributed by atoms with Gasteiger partial charge in [-0.3, -0.25) is 20.4 Å². The second kappa shape index (κ2) is 6.71. The van der Waals surface area contributed by atoms with Gasteiger partial charge in [-0.15, -0.1) is 0 Å². The number of halogens is 1. The first-order valence-electron chi connectivity index (χ1n) is 6.56. The smallest absolute Gasteiger partial charge is 0.273 e. The first-order chi connectivity index (χ1) is 10.5. The van der Waals surface area contributed by atoms with E-state index in [1.54, 1.807) is 19.9 Å². The number of aryl methyl sites for hydroxylation is 2. The van der Waals surface area contributed by atoms with Crippen molar-refractivity contribution in [2.75, 3.05) is 0 Å². The summed E-state index contributed by atoms with van der Waals surface area (Å²) in [6, 6.07) is 7.25. The van der Waals surface area contributed by atoms with Crippen LogP contribution in [0.15, 0.2) is 40.8 Å². The number of nitrogens with one attached hydrogen (secondary N) is 2. The lowest BCUT2D eigenvalue weighted by molar-refractivity contribution is -0.117. The Kier molecular flexibility index (Phi) is 4.73. The zero-order chi connectivity index (χ0) is 16.1. The molecule has 1 aromatic carbocycles. The summed E-state index contributed by atoms with van der Waals surface area (Å²) in [5, 5.41) is 0. The molecule has 1 aromatic heterocycles. The number of hydrazine groups is 1. The molecule has 0 bridgehead atoms. The number of carbonyl (C=O) groups is 2. The number of hydrogen-bond acceptors (Lipinski definition) is 3. The SMILES string of the molecule is Cc1cc(C(=O)NNC(=O)C=Cc2ccc(F)cc2)c(C)o1. The molecule has 0 radical (unpaired) electrons. The van der Waals surface area contributed by atoms with E-state index < -0.39 is 11.8 Å². The normalized spacial score (nSPS) is 10.7. The molecule has 0 spiro atoms. The van der Waals surface area contributed by atoms with Crippen LogP contribution in [-0.2, 0) is 4.79 Å². The lowest BCUT2D eigenvalue weighted by atomic mass is 10.2. The van der Waals surface area contributed by atoms with Gasteiger partial charge >= 0.3 is 0 Å². The van der Waals surface area contributed by atoms with Gasteiger partial charge in [0.25, 0.3) is 11.8 Å². The summed E-state index contributed by atoms with van der Waals surface area (Å²) >= 11 is 0. The third-order valence-corrected chi connectivity index (χ3v) is 2.88. The Hall–Kier alpha value is -2.89. The van der Waals surface area contributed by atoms with Crippen LogP contribution in [0.4, 0.5) is 4.39 Å². The van der Waals surface area contributed by atoms with Gasteiger partial charge in [0, 0.05) is 6.08 Å². The molecule has 0 atom stereocenters. The van der Waals surface area contributed by atoms with E-state index in [1.165, 1.54) is 36.4 Å². The van der Waals surface area contributed by atoms with Crippen LogP contribution in [0.5, 0.6) is 0 Å². The van der Waals surface area contributed by atoms with Crippen LogP contribution in [0.1, 0.15) is 27.4 Å². The number of carbonyl (C=O) groups excluding carboxylic acids is 2.